The fraction of sp³-hybridized carbons (Fsp3) is 0.148. The third-order valence-corrected chi connectivity index (χ3v) is 6.00. The minimum absolute atomic E-state index is 0.0829. The number of rotatable bonds is 6. The quantitative estimate of drug-likeness (QED) is 0.279. The van der Waals surface area contributed by atoms with Gasteiger partial charge in [-0.25, -0.2) is 0 Å². The number of nitrogens with one attached hydrogen (secondary N) is 1. The molecule has 0 aromatic heterocycles. The number of ether oxygens (including phenoxy) is 2. The fourth-order valence-corrected chi connectivity index (χ4v) is 4.24. The van der Waals surface area contributed by atoms with Crippen molar-refractivity contribution in [1.82, 2.24) is 0 Å². The highest BCUT2D eigenvalue weighted by Gasteiger charge is 2.47. The maximum Gasteiger partial charge on any atom is 0.300 e. The van der Waals surface area contributed by atoms with E-state index in [2.05, 4.69) is 5.32 Å². The molecule has 184 valence electrons. The van der Waals surface area contributed by atoms with Gasteiger partial charge < -0.3 is 19.9 Å². The molecule has 1 atom stereocenters. The number of ketones is 1. The van der Waals surface area contributed by atoms with Crippen molar-refractivity contribution in [2.24, 2.45) is 0 Å². The van der Waals surface area contributed by atoms with Crippen LogP contribution in [0.25, 0.3) is 5.76 Å². The van der Waals surface area contributed by atoms with Crippen molar-refractivity contribution in [2.45, 2.75) is 13.0 Å². The van der Waals surface area contributed by atoms with Crippen LogP contribution >= 0.6 is 11.6 Å². The van der Waals surface area contributed by atoms with E-state index in [0.717, 1.165) is 0 Å². The van der Waals surface area contributed by atoms with Crippen LogP contribution in [0, 0.1) is 0 Å². The Morgan fingerprint density at radius 1 is 0.944 bits per heavy atom. The monoisotopic (exact) mass is 506 g/mol. The number of amides is 2. The van der Waals surface area contributed by atoms with Crippen LogP contribution in [-0.4, -0.2) is 36.9 Å². The Hall–Kier alpha value is -4.30. The van der Waals surface area contributed by atoms with Crippen LogP contribution in [-0.2, 0) is 14.4 Å². The number of benzene rings is 3. The summed E-state index contributed by atoms with van der Waals surface area (Å²) < 4.78 is 10.8. The Bertz CT molecular complexity index is 1370. The SMILES string of the molecule is COc1ccc(C2/C(=C(/O)c3ccc(Cl)cc3)C(=O)C(=O)N2c2ccc(NC(C)=O)cc2)cc1OC. The van der Waals surface area contributed by atoms with Gasteiger partial charge in [0, 0.05) is 28.9 Å². The predicted octanol–water partition coefficient (Wildman–Crippen LogP) is 4.94. The molecular weight excluding hydrogens is 484 g/mol. The van der Waals surface area contributed by atoms with Gasteiger partial charge in [-0.3, -0.25) is 19.3 Å². The molecule has 1 saturated heterocycles. The molecule has 1 aliphatic heterocycles. The molecule has 36 heavy (non-hydrogen) atoms. The average Bonchev–Trinajstić information content (AvgIpc) is 3.14. The summed E-state index contributed by atoms with van der Waals surface area (Å²) in [4.78, 5) is 39.3. The molecular formula is C27H23ClN2O6. The minimum atomic E-state index is -0.966. The summed E-state index contributed by atoms with van der Waals surface area (Å²) in [5, 5.41) is 14.3. The summed E-state index contributed by atoms with van der Waals surface area (Å²) in [5.41, 5.74) is 1.71. The molecule has 1 fully saturated rings. The van der Waals surface area contributed by atoms with Gasteiger partial charge in [-0.05, 0) is 66.2 Å². The first kappa shape index (κ1) is 24.8. The third-order valence-electron chi connectivity index (χ3n) is 5.75. The summed E-state index contributed by atoms with van der Waals surface area (Å²) in [5.74, 6) is -1.35. The van der Waals surface area contributed by atoms with Crippen LogP contribution in [0.4, 0.5) is 11.4 Å². The topological polar surface area (TPSA) is 105 Å². The Morgan fingerprint density at radius 2 is 1.58 bits per heavy atom. The molecule has 0 aliphatic carbocycles. The predicted molar refractivity (Wildman–Crippen MR) is 137 cm³/mol. The molecule has 1 aliphatic rings. The summed E-state index contributed by atoms with van der Waals surface area (Å²) >= 11 is 5.98. The number of hydrogen-bond donors (Lipinski definition) is 2. The summed E-state index contributed by atoms with van der Waals surface area (Å²) in [6.07, 6.45) is 0. The molecule has 1 heterocycles. The Balaban J connectivity index is 1.91. The maximum absolute atomic E-state index is 13.3. The van der Waals surface area contributed by atoms with Crippen molar-refractivity contribution < 1.29 is 29.0 Å². The van der Waals surface area contributed by atoms with E-state index in [4.69, 9.17) is 21.1 Å². The van der Waals surface area contributed by atoms with Crippen molar-refractivity contribution in [3.63, 3.8) is 0 Å². The van der Waals surface area contributed by atoms with E-state index in [1.807, 2.05) is 0 Å². The normalized spacial score (nSPS) is 16.7. The standard InChI is InChI=1S/C27H23ClN2O6/c1-15(31)29-19-9-11-20(12-10-19)30-24(17-6-13-21(35-2)22(14-17)36-3)23(26(33)27(30)34)25(32)16-4-7-18(28)8-5-16/h4-14,24,32H,1-3H3,(H,29,31)/b25-23-. The van der Waals surface area contributed by atoms with E-state index in [-0.39, 0.29) is 17.2 Å². The molecule has 0 radical (unpaired) electrons. The molecule has 2 amide bonds. The molecule has 0 spiro atoms. The highest BCUT2D eigenvalue weighted by Crippen LogP contribution is 2.44. The molecule has 1 unspecified atom stereocenters. The zero-order chi connectivity index (χ0) is 26.0. The number of aliphatic hydroxyl groups excluding tert-OH is 1. The molecule has 8 nitrogen and oxygen atoms in total. The Kier molecular flexibility index (Phi) is 6.98. The molecule has 9 heteroatoms. The number of nitrogens with zero attached hydrogens (tertiary/aromatic N) is 1. The number of carbonyl (C=O) groups is 3. The van der Waals surface area contributed by atoms with Gasteiger partial charge in [-0.1, -0.05) is 17.7 Å². The van der Waals surface area contributed by atoms with Crippen LogP contribution in [0.2, 0.25) is 5.02 Å². The molecule has 4 rings (SSSR count). The van der Waals surface area contributed by atoms with Crippen molar-refractivity contribution in [3.8, 4) is 11.5 Å². The largest absolute Gasteiger partial charge is 0.507 e. The number of methoxy groups -OCH3 is 2. The molecule has 0 saturated carbocycles. The second-order valence-electron chi connectivity index (χ2n) is 8.02. The zero-order valence-electron chi connectivity index (χ0n) is 19.7. The lowest BCUT2D eigenvalue weighted by Crippen LogP contribution is -2.29. The van der Waals surface area contributed by atoms with Crippen molar-refractivity contribution >= 4 is 46.3 Å². The Morgan fingerprint density at radius 3 is 2.17 bits per heavy atom. The number of carbonyl (C=O) groups excluding carboxylic acids is 3. The Labute approximate surface area is 212 Å². The first-order chi connectivity index (χ1) is 17.2. The lowest BCUT2D eigenvalue weighted by atomic mass is 9.94. The summed E-state index contributed by atoms with van der Waals surface area (Å²) in [6.45, 7) is 1.39. The summed E-state index contributed by atoms with van der Waals surface area (Å²) in [7, 11) is 2.98. The highest BCUT2D eigenvalue weighted by molar-refractivity contribution is 6.51. The third kappa shape index (κ3) is 4.63. The molecule has 3 aromatic rings. The van der Waals surface area contributed by atoms with Gasteiger partial charge in [-0.2, -0.15) is 0 Å². The number of aliphatic hydroxyl groups is 1. The number of halogens is 1. The van der Waals surface area contributed by atoms with Crippen LogP contribution in [0.1, 0.15) is 24.1 Å². The minimum Gasteiger partial charge on any atom is -0.507 e. The van der Waals surface area contributed by atoms with E-state index in [0.29, 0.717) is 39.0 Å². The fourth-order valence-electron chi connectivity index (χ4n) is 4.11. The number of anilines is 2. The first-order valence-electron chi connectivity index (χ1n) is 10.9. The van der Waals surface area contributed by atoms with Crippen LogP contribution in [0.5, 0.6) is 11.5 Å². The van der Waals surface area contributed by atoms with Gasteiger partial charge in [0.15, 0.2) is 11.5 Å². The average molecular weight is 507 g/mol. The second-order valence-corrected chi connectivity index (χ2v) is 8.45. The van der Waals surface area contributed by atoms with E-state index in [1.165, 1.54) is 26.0 Å². The summed E-state index contributed by atoms with van der Waals surface area (Å²) in [6, 6.07) is 16.8. The van der Waals surface area contributed by atoms with Crippen LogP contribution < -0.4 is 19.7 Å². The lowest BCUT2D eigenvalue weighted by molar-refractivity contribution is -0.132. The van der Waals surface area contributed by atoms with Gasteiger partial charge in [0.2, 0.25) is 5.91 Å². The van der Waals surface area contributed by atoms with Gasteiger partial charge in [0.1, 0.15) is 5.76 Å². The molecule has 3 aromatic carbocycles. The van der Waals surface area contributed by atoms with Crippen molar-refractivity contribution in [1.29, 1.82) is 0 Å². The van der Waals surface area contributed by atoms with E-state index in [1.54, 1.807) is 66.7 Å². The number of Topliss-reactive ketones (excluding diaryl/α,β-unsaturated/α-hetero) is 1. The number of hydrogen-bond acceptors (Lipinski definition) is 6. The van der Waals surface area contributed by atoms with Gasteiger partial charge in [0.05, 0.1) is 25.8 Å². The van der Waals surface area contributed by atoms with E-state index in [9.17, 15) is 19.5 Å². The first-order valence-corrected chi connectivity index (χ1v) is 11.3. The molecule has 0 bridgehead atoms. The zero-order valence-corrected chi connectivity index (χ0v) is 20.5. The van der Waals surface area contributed by atoms with Gasteiger partial charge in [-0.15, -0.1) is 0 Å². The van der Waals surface area contributed by atoms with Crippen molar-refractivity contribution in [2.75, 3.05) is 24.4 Å². The maximum atomic E-state index is 13.3. The molecule has 2 N–H and O–H groups in total. The van der Waals surface area contributed by atoms with Crippen LogP contribution in [0.3, 0.4) is 0 Å². The van der Waals surface area contributed by atoms with Crippen molar-refractivity contribution in [3.05, 3.63) is 88.5 Å². The smallest absolute Gasteiger partial charge is 0.300 e. The lowest BCUT2D eigenvalue weighted by Gasteiger charge is -2.26. The van der Waals surface area contributed by atoms with E-state index < -0.39 is 17.7 Å². The van der Waals surface area contributed by atoms with Gasteiger partial charge >= 0.3 is 0 Å². The highest BCUT2D eigenvalue weighted by atomic mass is 35.5. The van der Waals surface area contributed by atoms with Gasteiger partial charge in [0.25, 0.3) is 11.7 Å². The van der Waals surface area contributed by atoms with E-state index >= 15 is 0 Å². The second kappa shape index (κ2) is 10.1. The van der Waals surface area contributed by atoms with Crippen LogP contribution in [0.15, 0.2) is 72.3 Å².